The summed E-state index contributed by atoms with van der Waals surface area (Å²) in [5.41, 5.74) is 2.54. The fourth-order valence-corrected chi connectivity index (χ4v) is 4.68. The van der Waals surface area contributed by atoms with Crippen molar-refractivity contribution < 1.29 is 13.2 Å². The van der Waals surface area contributed by atoms with Gasteiger partial charge in [0, 0.05) is 17.3 Å². The molecule has 0 aliphatic rings. The molecule has 164 valence electrons. The average molecular weight is 449 g/mol. The van der Waals surface area contributed by atoms with Crippen molar-refractivity contribution in [3.05, 3.63) is 94.3 Å². The first-order valence-corrected chi connectivity index (χ1v) is 11.8. The van der Waals surface area contributed by atoms with E-state index in [1.54, 1.807) is 24.3 Å². The van der Waals surface area contributed by atoms with Gasteiger partial charge < -0.3 is 4.74 Å². The van der Waals surface area contributed by atoms with E-state index >= 15 is 0 Å². The van der Waals surface area contributed by atoms with E-state index in [4.69, 9.17) is 4.74 Å². The van der Waals surface area contributed by atoms with E-state index in [-0.39, 0.29) is 17.0 Å². The summed E-state index contributed by atoms with van der Waals surface area (Å²) < 4.78 is 33.8. The number of hydrogen-bond acceptors (Lipinski definition) is 4. The molecule has 0 aliphatic heterocycles. The molecule has 3 aromatic carbocycles. The molecule has 0 saturated carbocycles. The molecular formula is C25H24N2O4S. The van der Waals surface area contributed by atoms with Crippen molar-refractivity contribution in [3.63, 3.8) is 0 Å². The van der Waals surface area contributed by atoms with Gasteiger partial charge in [-0.2, -0.15) is 0 Å². The number of benzene rings is 3. The maximum atomic E-state index is 13.1. The number of pyridine rings is 1. The third kappa shape index (κ3) is 4.30. The molecule has 0 bridgehead atoms. The Labute approximate surface area is 186 Å². The maximum absolute atomic E-state index is 13.1. The highest BCUT2D eigenvalue weighted by Gasteiger charge is 2.18. The van der Waals surface area contributed by atoms with Gasteiger partial charge in [-0.1, -0.05) is 60.2 Å². The molecule has 0 radical (unpaired) electrons. The molecule has 2 N–H and O–H groups in total. The lowest BCUT2D eigenvalue weighted by Crippen LogP contribution is -2.24. The summed E-state index contributed by atoms with van der Waals surface area (Å²) in [5, 5.41) is 1.53. The number of hydrogen-bond donors (Lipinski definition) is 2. The van der Waals surface area contributed by atoms with Gasteiger partial charge in [-0.25, -0.2) is 13.1 Å². The standard InChI is InChI=1S/C25H24N2O4S/c1-3-31-25-22-11-7-6-10-21(22)23(24(28)27-25)20-9-5-4-8-18(20)16-26-32(29,30)19-14-12-17(2)13-15-19/h4-15,26H,3,16H2,1-2H3,(H,27,28). The molecule has 0 amide bonds. The summed E-state index contributed by atoms with van der Waals surface area (Å²) in [5.74, 6) is 0.425. The summed E-state index contributed by atoms with van der Waals surface area (Å²) in [6.07, 6.45) is 0. The molecule has 0 unspecified atom stereocenters. The first-order chi connectivity index (χ1) is 15.4. The lowest BCUT2D eigenvalue weighted by molar-refractivity contribution is 0.330. The second kappa shape index (κ2) is 8.98. The predicted molar refractivity (Wildman–Crippen MR) is 126 cm³/mol. The fourth-order valence-electron chi connectivity index (χ4n) is 3.67. The van der Waals surface area contributed by atoms with E-state index < -0.39 is 10.0 Å². The predicted octanol–water partition coefficient (Wildman–Crippen LogP) is 4.38. The second-order valence-corrected chi connectivity index (χ2v) is 9.20. The fraction of sp³-hybridized carbons (Fsp3) is 0.160. The lowest BCUT2D eigenvalue weighted by atomic mass is 9.96. The topological polar surface area (TPSA) is 88.3 Å². The summed E-state index contributed by atoms with van der Waals surface area (Å²) in [4.78, 5) is 16.1. The number of ether oxygens (including phenoxy) is 1. The van der Waals surface area contributed by atoms with Gasteiger partial charge in [-0.05, 0) is 43.2 Å². The molecule has 4 aromatic rings. The molecule has 1 aromatic heterocycles. The molecule has 0 aliphatic carbocycles. The van der Waals surface area contributed by atoms with Gasteiger partial charge >= 0.3 is 0 Å². The zero-order chi connectivity index (χ0) is 22.7. The smallest absolute Gasteiger partial charge is 0.259 e. The third-order valence-electron chi connectivity index (χ3n) is 5.25. The Hall–Kier alpha value is -3.42. The Kier molecular flexibility index (Phi) is 6.12. The van der Waals surface area contributed by atoms with E-state index in [0.717, 1.165) is 16.3 Å². The van der Waals surface area contributed by atoms with Gasteiger partial charge in [0.05, 0.1) is 17.1 Å². The molecule has 0 spiro atoms. The zero-order valence-corrected chi connectivity index (χ0v) is 18.7. The highest BCUT2D eigenvalue weighted by molar-refractivity contribution is 7.89. The molecule has 32 heavy (non-hydrogen) atoms. The Morgan fingerprint density at radius 2 is 1.56 bits per heavy atom. The minimum atomic E-state index is -3.70. The Morgan fingerprint density at radius 3 is 2.28 bits per heavy atom. The molecule has 0 fully saturated rings. The average Bonchev–Trinajstić information content (AvgIpc) is 2.79. The van der Waals surface area contributed by atoms with Crippen LogP contribution < -0.4 is 15.0 Å². The second-order valence-electron chi connectivity index (χ2n) is 7.43. The first kappa shape index (κ1) is 21.8. The van der Waals surface area contributed by atoms with Crippen molar-refractivity contribution in [2.75, 3.05) is 6.61 Å². The van der Waals surface area contributed by atoms with Crippen LogP contribution in [0.2, 0.25) is 0 Å². The van der Waals surface area contributed by atoms with Crippen molar-refractivity contribution >= 4 is 20.8 Å². The number of aryl methyl sites for hydroxylation is 1. The van der Waals surface area contributed by atoms with Crippen LogP contribution in [0.15, 0.2) is 82.5 Å². The third-order valence-corrected chi connectivity index (χ3v) is 6.67. The van der Waals surface area contributed by atoms with Crippen molar-refractivity contribution in [2.45, 2.75) is 25.3 Å². The molecule has 1 heterocycles. The van der Waals surface area contributed by atoms with Crippen LogP contribution in [0.4, 0.5) is 0 Å². The van der Waals surface area contributed by atoms with Crippen molar-refractivity contribution in [1.82, 2.24) is 9.71 Å². The number of aromatic amines is 1. The first-order valence-electron chi connectivity index (χ1n) is 10.3. The van der Waals surface area contributed by atoms with E-state index in [0.29, 0.717) is 29.2 Å². The van der Waals surface area contributed by atoms with Crippen molar-refractivity contribution in [1.29, 1.82) is 0 Å². The zero-order valence-electron chi connectivity index (χ0n) is 17.9. The van der Waals surface area contributed by atoms with Crippen LogP contribution >= 0.6 is 0 Å². The Morgan fingerprint density at radius 1 is 0.906 bits per heavy atom. The largest absolute Gasteiger partial charge is 0.479 e. The molecule has 4 rings (SSSR count). The summed E-state index contributed by atoms with van der Waals surface area (Å²) in [6.45, 7) is 4.24. The van der Waals surface area contributed by atoms with E-state index in [1.165, 1.54) is 0 Å². The Balaban J connectivity index is 1.76. The number of fused-ring (bicyclic) bond motifs is 1. The number of sulfonamides is 1. The number of H-pyrrole nitrogens is 1. The van der Waals surface area contributed by atoms with Gasteiger partial charge in [0.1, 0.15) is 0 Å². The summed E-state index contributed by atoms with van der Waals surface area (Å²) >= 11 is 0. The Bertz CT molecular complexity index is 1420. The lowest BCUT2D eigenvalue weighted by Gasteiger charge is -2.14. The van der Waals surface area contributed by atoms with Gasteiger partial charge in [0.25, 0.3) is 5.56 Å². The van der Waals surface area contributed by atoms with Crippen LogP contribution in [0.3, 0.4) is 0 Å². The SMILES string of the molecule is CCOc1[nH]c(=O)c(-c2ccccc2CNS(=O)(=O)c2ccc(C)cc2)c2ccccc12. The van der Waals surface area contributed by atoms with E-state index in [1.807, 2.05) is 62.4 Å². The van der Waals surface area contributed by atoms with Crippen LogP contribution in [-0.2, 0) is 16.6 Å². The quantitative estimate of drug-likeness (QED) is 0.439. The summed E-state index contributed by atoms with van der Waals surface area (Å²) in [7, 11) is -3.70. The molecule has 7 heteroatoms. The van der Waals surface area contributed by atoms with Crippen molar-refractivity contribution in [3.8, 4) is 17.0 Å². The molecular weight excluding hydrogens is 424 g/mol. The molecule has 0 atom stereocenters. The minimum absolute atomic E-state index is 0.0490. The van der Waals surface area contributed by atoms with Crippen LogP contribution in [0.5, 0.6) is 5.88 Å². The minimum Gasteiger partial charge on any atom is -0.479 e. The monoisotopic (exact) mass is 448 g/mol. The van der Waals surface area contributed by atoms with Gasteiger partial charge in [0.15, 0.2) is 0 Å². The van der Waals surface area contributed by atoms with Crippen LogP contribution in [0.25, 0.3) is 21.9 Å². The molecule has 6 nitrogen and oxygen atoms in total. The van der Waals surface area contributed by atoms with Gasteiger partial charge in [0.2, 0.25) is 15.9 Å². The number of nitrogens with one attached hydrogen (secondary N) is 2. The van der Waals surface area contributed by atoms with Crippen LogP contribution in [0, 0.1) is 6.92 Å². The molecule has 0 saturated heterocycles. The number of aromatic nitrogens is 1. The van der Waals surface area contributed by atoms with E-state index in [2.05, 4.69) is 9.71 Å². The summed E-state index contributed by atoms with van der Waals surface area (Å²) in [6, 6.07) is 21.5. The number of rotatable bonds is 7. The van der Waals surface area contributed by atoms with E-state index in [9.17, 15) is 13.2 Å². The van der Waals surface area contributed by atoms with Crippen LogP contribution in [0.1, 0.15) is 18.1 Å². The van der Waals surface area contributed by atoms with Gasteiger partial charge in [-0.15, -0.1) is 0 Å². The van der Waals surface area contributed by atoms with Crippen LogP contribution in [-0.4, -0.2) is 20.0 Å². The highest BCUT2D eigenvalue weighted by atomic mass is 32.2. The van der Waals surface area contributed by atoms with Crippen molar-refractivity contribution in [2.24, 2.45) is 0 Å². The maximum Gasteiger partial charge on any atom is 0.259 e. The normalized spacial score (nSPS) is 11.6. The highest BCUT2D eigenvalue weighted by Crippen LogP contribution is 2.32. The van der Waals surface area contributed by atoms with Gasteiger partial charge in [-0.3, -0.25) is 9.78 Å².